The molecule has 1 aliphatic heterocycles. The number of likely N-dealkylation sites (tertiary alicyclic amines) is 1. The highest BCUT2D eigenvalue weighted by molar-refractivity contribution is 5.79. The van der Waals surface area contributed by atoms with E-state index < -0.39 is 5.60 Å². The zero-order valence-electron chi connectivity index (χ0n) is 12.9. The predicted octanol–water partition coefficient (Wildman–Crippen LogP) is 1.65. The first-order valence-corrected chi connectivity index (χ1v) is 7.04. The summed E-state index contributed by atoms with van der Waals surface area (Å²) in [6.07, 6.45) is 1.32. The Morgan fingerprint density at radius 1 is 1.25 bits per heavy atom. The number of carbonyl (C=O) groups is 2. The van der Waals surface area contributed by atoms with Gasteiger partial charge in [-0.05, 0) is 39.5 Å². The Bertz CT molecular complexity index is 404. The van der Waals surface area contributed by atoms with Gasteiger partial charge in [0.2, 0.25) is 5.91 Å². The first-order chi connectivity index (χ1) is 9.23. The molecular formula is C14H24N2O4. The first-order valence-electron chi connectivity index (χ1n) is 7.04. The molecule has 3 unspecified atom stereocenters. The molecule has 2 rings (SSSR count). The second-order valence-electron chi connectivity index (χ2n) is 6.64. The largest absolute Gasteiger partial charge is 0.444 e. The summed E-state index contributed by atoms with van der Waals surface area (Å²) in [6.45, 7) is 6.19. The molecule has 1 aliphatic carbocycles. The summed E-state index contributed by atoms with van der Waals surface area (Å²) in [5.74, 6) is 0.185. The van der Waals surface area contributed by atoms with Gasteiger partial charge in [-0.2, -0.15) is 0 Å². The van der Waals surface area contributed by atoms with E-state index in [1.165, 1.54) is 12.2 Å². The minimum absolute atomic E-state index is 0.00355. The van der Waals surface area contributed by atoms with Crippen molar-refractivity contribution in [1.82, 2.24) is 9.96 Å². The lowest BCUT2D eigenvalue weighted by Gasteiger charge is -2.33. The first kappa shape index (κ1) is 15.1. The molecule has 0 aromatic carbocycles. The average molecular weight is 284 g/mol. The maximum absolute atomic E-state index is 12.1. The highest BCUT2D eigenvalue weighted by atomic mass is 16.7. The molecule has 2 amide bonds. The van der Waals surface area contributed by atoms with E-state index in [2.05, 4.69) is 0 Å². The van der Waals surface area contributed by atoms with E-state index in [4.69, 9.17) is 9.57 Å². The fraction of sp³-hybridized carbons (Fsp3) is 0.857. The van der Waals surface area contributed by atoms with Crippen LogP contribution in [0.2, 0.25) is 0 Å². The number of hydroxylamine groups is 2. The van der Waals surface area contributed by atoms with E-state index in [1.807, 2.05) is 20.8 Å². The Balaban J connectivity index is 1.95. The van der Waals surface area contributed by atoms with Gasteiger partial charge in [0.05, 0.1) is 7.11 Å². The monoisotopic (exact) mass is 284 g/mol. The Labute approximate surface area is 119 Å². The molecule has 6 nitrogen and oxygen atoms in total. The summed E-state index contributed by atoms with van der Waals surface area (Å²) < 4.78 is 5.41. The van der Waals surface area contributed by atoms with Gasteiger partial charge in [0.15, 0.2) is 0 Å². The number of piperidine rings is 1. The Morgan fingerprint density at radius 2 is 1.90 bits per heavy atom. The van der Waals surface area contributed by atoms with Crippen molar-refractivity contribution < 1.29 is 19.2 Å². The number of rotatable bonds is 2. The van der Waals surface area contributed by atoms with Gasteiger partial charge < -0.3 is 9.64 Å². The van der Waals surface area contributed by atoms with Crippen LogP contribution < -0.4 is 0 Å². The van der Waals surface area contributed by atoms with Crippen molar-refractivity contribution >= 4 is 12.0 Å². The molecule has 6 heteroatoms. The van der Waals surface area contributed by atoms with Gasteiger partial charge in [-0.3, -0.25) is 9.63 Å². The van der Waals surface area contributed by atoms with Gasteiger partial charge in [-0.25, -0.2) is 9.86 Å². The average Bonchev–Trinajstić information content (AvgIpc) is 2.94. The molecular weight excluding hydrogens is 260 g/mol. The van der Waals surface area contributed by atoms with Crippen LogP contribution in [-0.2, 0) is 14.4 Å². The Morgan fingerprint density at radius 3 is 2.35 bits per heavy atom. The molecule has 2 bridgehead atoms. The third kappa shape index (κ3) is 2.90. The molecule has 114 valence electrons. The molecule has 1 heterocycles. The van der Waals surface area contributed by atoms with Crippen molar-refractivity contribution in [3.63, 3.8) is 0 Å². The van der Waals surface area contributed by atoms with Crippen LogP contribution in [0.3, 0.4) is 0 Å². The summed E-state index contributed by atoms with van der Waals surface area (Å²) in [6, 6.07) is 0.119. The van der Waals surface area contributed by atoms with Crippen LogP contribution in [0.25, 0.3) is 0 Å². The quantitative estimate of drug-likeness (QED) is 0.723. The molecule has 3 atom stereocenters. The van der Waals surface area contributed by atoms with E-state index in [9.17, 15) is 9.59 Å². The zero-order chi connectivity index (χ0) is 15.1. The van der Waals surface area contributed by atoms with Crippen molar-refractivity contribution in [2.45, 2.75) is 45.3 Å². The minimum Gasteiger partial charge on any atom is -0.444 e. The van der Waals surface area contributed by atoms with Gasteiger partial charge in [-0.1, -0.05) is 0 Å². The van der Waals surface area contributed by atoms with Crippen LogP contribution in [0.5, 0.6) is 0 Å². The lowest BCUT2D eigenvalue weighted by molar-refractivity contribution is -0.175. The Kier molecular flexibility index (Phi) is 3.95. The summed E-state index contributed by atoms with van der Waals surface area (Å²) in [5.41, 5.74) is -0.482. The van der Waals surface area contributed by atoms with Crippen LogP contribution in [-0.4, -0.2) is 54.3 Å². The highest BCUT2D eigenvalue weighted by Crippen LogP contribution is 2.43. The molecule has 2 fully saturated rings. The maximum atomic E-state index is 12.1. The molecule has 1 saturated carbocycles. The summed E-state index contributed by atoms with van der Waals surface area (Å²) in [7, 11) is 3.11. The van der Waals surface area contributed by atoms with Gasteiger partial charge in [0.1, 0.15) is 5.60 Å². The number of ether oxygens (including phenoxy) is 1. The topological polar surface area (TPSA) is 59.1 Å². The highest BCUT2D eigenvalue weighted by Gasteiger charge is 2.50. The molecule has 0 aromatic heterocycles. The van der Waals surface area contributed by atoms with Crippen molar-refractivity contribution in [2.24, 2.45) is 11.8 Å². The maximum Gasteiger partial charge on any atom is 0.410 e. The number of fused-ring (bicyclic) bond motifs is 2. The smallest absolute Gasteiger partial charge is 0.410 e. The van der Waals surface area contributed by atoms with Crippen molar-refractivity contribution in [3.8, 4) is 0 Å². The molecule has 20 heavy (non-hydrogen) atoms. The third-order valence-electron chi connectivity index (χ3n) is 4.07. The van der Waals surface area contributed by atoms with E-state index >= 15 is 0 Å². The van der Waals surface area contributed by atoms with Crippen molar-refractivity contribution in [3.05, 3.63) is 0 Å². The predicted molar refractivity (Wildman–Crippen MR) is 72.7 cm³/mol. The van der Waals surface area contributed by atoms with Gasteiger partial charge in [-0.15, -0.1) is 0 Å². The molecule has 0 radical (unpaired) electrons. The minimum atomic E-state index is -0.482. The van der Waals surface area contributed by atoms with Crippen LogP contribution in [0.4, 0.5) is 4.79 Å². The van der Waals surface area contributed by atoms with Crippen LogP contribution >= 0.6 is 0 Å². The van der Waals surface area contributed by atoms with Crippen LogP contribution in [0, 0.1) is 11.8 Å². The number of hydrogen-bond acceptors (Lipinski definition) is 4. The molecule has 0 spiro atoms. The van der Waals surface area contributed by atoms with Crippen LogP contribution in [0.15, 0.2) is 0 Å². The van der Waals surface area contributed by atoms with Gasteiger partial charge in [0, 0.05) is 25.6 Å². The second kappa shape index (κ2) is 5.24. The summed E-state index contributed by atoms with van der Waals surface area (Å²) >= 11 is 0. The Hall–Kier alpha value is -1.30. The standard InChI is InChI=1S/C14H24N2O4/c1-14(2,3)20-13(18)16-8-9-6-10(16)7-11(9)12(17)15(4)19-5/h9-11H,6-8H2,1-5H3. The number of hydrogen-bond donors (Lipinski definition) is 0. The number of nitrogens with zero attached hydrogens (tertiary/aromatic N) is 2. The third-order valence-corrected chi connectivity index (χ3v) is 4.07. The number of carbonyl (C=O) groups excluding carboxylic acids is 2. The second-order valence-corrected chi connectivity index (χ2v) is 6.64. The molecule has 2 aliphatic rings. The van der Waals surface area contributed by atoms with Crippen molar-refractivity contribution in [1.29, 1.82) is 0 Å². The normalized spacial score (nSPS) is 28.6. The molecule has 0 N–H and O–H groups in total. The van der Waals surface area contributed by atoms with Crippen LogP contribution in [0.1, 0.15) is 33.6 Å². The van der Waals surface area contributed by atoms with E-state index in [0.717, 1.165) is 6.42 Å². The molecule has 0 aromatic rings. The lowest BCUT2D eigenvalue weighted by Crippen LogP contribution is -2.46. The van der Waals surface area contributed by atoms with E-state index in [0.29, 0.717) is 13.0 Å². The van der Waals surface area contributed by atoms with Gasteiger partial charge >= 0.3 is 6.09 Å². The van der Waals surface area contributed by atoms with E-state index in [-0.39, 0.29) is 29.9 Å². The summed E-state index contributed by atoms with van der Waals surface area (Å²) in [4.78, 5) is 31.0. The van der Waals surface area contributed by atoms with Crippen molar-refractivity contribution in [2.75, 3.05) is 20.7 Å². The summed E-state index contributed by atoms with van der Waals surface area (Å²) in [5, 5.41) is 1.28. The fourth-order valence-corrected chi connectivity index (χ4v) is 3.12. The molecule has 1 saturated heterocycles. The zero-order valence-corrected chi connectivity index (χ0v) is 12.9. The number of amides is 2. The van der Waals surface area contributed by atoms with E-state index in [1.54, 1.807) is 11.9 Å². The SMILES string of the molecule is CON(C)C(=O)C1CC2CC1CN2C(=O)OC(C)(C)C. The lowest BCUT2D eigenvalue weighted by atomic mass is 9.94. The van der Waals surface area contributed by atoms with Gasteiger partial charge in [0.25, 0.3) is 0 Å². The fourth-order valence-electron chi connectivity index (χ4n) is 3.12.